The molecule has 0 aliphatic rings. The smallest absolute Gasteiger partial charge is 0.327 e. The van der Waals surface area contributed by atoms with Gasteiger partial charge in [0.25, 0.3) is 0 Å². The summed E-state index contributed by atoms with van der Waals surface area (Å²) >= 11 is 1.69. The first-order valence-electron chi connectivity index (χ1n) is 8.03. The van der Waals surface area contributed by atoms with E-state index in [1.807, 2.05) is 30.5 Å². The molecule has 0 saturated heterocycles. The maximum atomic E-state index is 12.7. The largest absolute Gasteiger partial charge is 0.350 e. The van der Waals surface area contributed by atoms with Gasteiger partial charge in [-0.1, -0.05) is 24.3 Å². The van der Waals surface area contributed by atoms with E-state index < -0.39 is 0 Å². The van der Waals surface area contributed by atoms with Crippen molar-refractivity contribution < 1.29 is 4.39 Å². The number of hydrogen-bond acceptors (Lipinski definition) is 4. The van der Waals surface area contributed by atoms with E-state index in [2.05, 4.69) is 29.4 Å². The van der Waals surface area contributed by atoms with E-state index in [4.69, 9.17) is 5.73 Å². The molecule has 27 heavy (non-hydrogen) atoms. The second-order valence-electron chi connectivity index (χ2n) is 5.69. The summed E-state index contributed by atoms with van der Waals surface area (Å²) in [7, 11) is 0. The van der Waals surface area contributed by atoms with Gasteiger partial charge in [-0.25, -0.2) is 18.4 Å². The molecule has 0 fully saturated rings. The molecule has 2 N–H and O–H groups in total. The van der Waals surface area contributed by atoms with Crippen LogP contribution in [0.15, 0.2) is 76.5 Å². The van der Waals surface area contributed by atoms with Crippen LogP contribution in [-0.4, -0.2) is 27.1 Å². The molecule has 142 valence electrons. The summed E-state index contributed by atoms with van der Waals surface area (Å²) in [5.74, 6) is 0. The fraction of sp³-hybridized carbons (Fsp3) is 0.158. The second-order valence-corrected chi connectivity index (χ2v) is 6.57. The fourth-order valence-electron chi connectivity index (χ4n) is 2.58. The van der Waals surface area contributed by atoms with Crippen molar-refractivity contribution in [3.05, 3.63) is 77.2 Å². The summed E-state index contributed by atoms with van der Waals surface area (Å²) in [5, 5.41) is 4.05. The molecule has 1 heterocycles. The van der Waals surface area contributed by atoms with Gasteiger partial charge in [-0.15, -0.1) is 24.2 Å². The molecule has 0 saturated carbocycles. The molecule has 5 nitrogen and oxygen atoms in total. The van der Waals surface area contributed by atoms with Crippen molar-refractivity contribution in [2.75, 3.05) is 12.8 Å². The predicted octanol–water partition coefficient (Wildman–Crippen LogP) is 3.66. The molecule has 0 bridgehead atoms. The third-order valence-electron chi connectivity index (χ3n) is 4.05. The molecule has 0 atom stereocenters. The van der Waals surface area contributed by atoms with Crippen LogP contribution in [0.3, 0.4) is 0 Å². The molecular weight excluding hydrogens is 387 g/mol. The minimum Gasteiger partial charge on any atom is -0.327 e. The van der Waals surface area contributed by atoms with E-state index in [9.17, 15) is 9.18 Å². The molecule has 0 aliphatic carbocycles. The predicted molar refractivity (Wildman–Crippen MR) is 111 cm³/mol. The molecule has 1 aromatic heterocycles. The molecule has 3 rings (SSSR count). The number of nitrogens with two attached hydrogens (primary N) is 1. The van der Waals surface area contributed by atoms with Crippen molar-refractivity contribution in [2.45, 2.75) is 11.4 Å². The van der Waals surface area contributed by atoms with Crippen molar-refractivity contribution >= 4 is 24.2 Å². The van der Waals surface area contributed by atoms with Gasteiger partial charge in [0.15, 0.2) is 0 Å². The lowest BCUT2D eigenvalue weighted by Crippen LogP contribution is -2.25. The number of halogens is 2. The minimum absolute atomic E-state index is 0. The Kier molecular flexibility index (Phi) is 7.41. The zero-order valence-electron chi connectivity index (χ0n) is 14.7. The molecule has 0 amide bonds. The van der Waals surface area contributed by atoms with Gasteiger partial charge < -0.3 is 5.73 Å². The third kappa shape index (κ3) is 4.68. The van der Waals surface area contributed by atoms with Gasteiger partial charge in [-0.2, -0.15) is 5.10 Å². The standard InChI is InChI=1S/C19H19FN4OS.ClH/c1-26-18-7-5-15(6-8-18)16-3-2-4-17(9-16)23-13-22-24(19(23)25)12-14(10-20)11-21;/h2-10,13H,11-12,21H2,1H3;1H/b14-10+;. The summed E-state index contributed by atoms with van der Waals surface area (Å²) in [6, 6.07) is 15.9. The molecule has 0 radical (unpaired) electrons. The lowest BCUT2D eigenvalue weighted by atomic mass is 10.1. The Labute approximate surface area is 167 Å². The van der Waals surface area contributed by atoms with E-state index >= 15 is 0 Å². The first-order chi connectivity index (χ1) is 12.7. The molecule has 3 aromatic rings. The van der Waals surface area contributed by atoms with Crippen LogP contribution < -0.4 is 11.4 Å². The Bertz CT molecular complexity index is 982. The van der Waals surface area contributed by atoms with Crippen LogP contribution in [0.25, 0.3) is 16.8 Å². The van der Waals surface area contributed by atoms with Gasteiger partial charge in [-0.05, 0) is 47.2 Å². The average Bonchev–Trinajstić information content (AvgIpc) is 3.06. The highest BCUT2D eigenvalue weighted by Crippen LogP contribution is 2.24. The second kappa shape index (κ2) is 9.55. The Hall–Kier alpha value is -2.35. The van der Waals surface area contributed by atoms with Crippen LogP contribution in [0, 0.1) is 0 Å². The van der Waals surface area contributed by atoms with Gasteiger partial charge in [-0.3, -0.25) is 0 Å². The number of hydrogen-bond donors (Lipinski definition) is 1. The monoisotopic (exact) mass is 406 g/mol. The lowest BCUT2D eigenvalue weighted by molar-refractivity contribution is 0.612. The molecule has 0 aliphatic heterocycles. The van der Waals surface area contributed by atoms with Crippen molar-refractivity contribution in [3.8, 4) is 16.8 Å². The maximum Gasteiger partial charge on any atom is 0.350 e. The summed E-state index contributed by atoms with van der Waals surface area (Å²) < 4.78 is 15.3. The van der Waals surface area contributed by atoms with Crippen molar-refractivity contribution in [3.63, 3.8) is 0 Å². The summed E-state index contributed by atoms with van der Waals surface area (Å²) in [5.41, 5.74) is 8.18. The van der Waals surface area contributed by atoms with Crippen molar-refractivity contribution in [1.82, 2.24) is 14.3 Å². The summed E-state index contributed by atoms with van der Waals surface area (Å²) in [6.07, 6.45) is 3.89. The van der Waals surface area contributed by atoms with Gasteiger partial charge in [0.1, 0.15) is 6.33 Å². The van der Waals surface area contributed by atoms with Gasteiger partial charge in [0.05, 0.1) is 18.6 Å². The number of thioether (sulfide) groups is 1. The maximum absolute atomic E-state index is 12.7. The quantitative estimate of drug-likeness (QED) is 0.634. The van der Waals surface area contributed by atoms with Crippen molar-refractivity contribution in [2.24, 2.45) is 5.73 Å². The van der Waals surface area contributed by atoms with Gasteiger partial charge in [0, 0.05) is 11.4 Å². The van der Waals surface area contributed by atoms with Crippen LogP contribution in [0.2, 0.25) is 0 Å². The average molecular weight is 407 g/mol. The Balaban J connectivity index is 0.00000261. The number of rotatable bonds is 6. The van der Waals surface area contributed by atoms with Crippen LogP contribution in [0.4, 0.5) is 4.39 Å². The molecule has 0 spiro atoms. The van der Waals surface area contributed by atoms with E-state index in [0.29, 0.717) is 17.6 Å². The SMILES string of the molecule is CSc1ccc(-c2cccc(-n3cnn(C/C(=C/F)CN)c3=O)c2)cc1.Cl. The third-order valence-corrected chi connectivity index (χ3v) is 4.79. The summed E-state index contributed by atoms with van der Waals surface area (Å²) in [4.78, 5) is 13.7. The minimum atomic E-state index is -0.340. The van der Waals surface area contributed by atoms with E-state index in [-0.39, 0.29) is 31.2 Å². The van der Waals surface area contributed by atoms with Crippen LogP contribution >= 0.6 is 24.2 Å². The Morgan fingerprint density at radius 1 is 1.22 bits per heavy atom. The molecular formula is C19H20ClFN4OS. The highest BCUT2D eigenvalue weighted by molar-refractivity contribution is 7.98. The fourth-order valence-corrected chi connectivity index (χ4v) is 2.99. The topological polar surface area (TPSA) is 65.8 Å². The first-order valence-corrected chi connectivity index (χ1v) is 9.26. The highest BCUT2D eigenvalue weighted by atomic mass is 35.5. The normalized spacial score (nSPS) is 11.3. The van der Waals surface area contributed by atoms with Crippen LogP contribution in [-0.2, 0) is 6.54 Å². The zero-order valence-corrected chi connectivity index (χ0v) is 16.3. The Morgan fingerprint density at radius 3 is 2.59 bits per heavy atom. The first kappa shape index (κ1) is 21.0. The highest BCUT2D eigenvalue weighted by Gasteiger charge is 2.09. The van der Waals surface area contributed by atoms with E-state index in [1.165, 1.54) is 20.5 Å². The molecule has 0 unspecified atom stereocenters. The number of benzene rings is 2. The lowest BCUT2D eigenvalue weighted by Gasteiger charge is -2.06. The zero-order chi connectivity index (χ0) is 18.5. The molecule has 2 aromatic carbocycles. The number of aromatic nitrogens is 3. The van der Waals surface area contributed by atoms with Crippen molar-refractivity contribution in [1.29, 1.82) is 0 Å². The number of nitrogens with zero attached hydrogens (tertiary/aromatic N) is 3. The van der Waals surface area contributed by atoms with Crippen LogP contribution in [0.5, 0.6) is 0 Å². The van der Waals surface area contributed by atoms with Gasteiger partial charge in [0.2, 0.25) is 0 Å². The van der Waals surface area contributed by atoms with Gasteiger partial charge >= 0.3 is 5.69 Å². The summed E-state index contributed by atoms with van der Waals surface area (Å²) in [6.45, 7) is 0.0754. The van der Waals surface area contributed by atoms with E-state index in [0.717, 1.165) is 11.1 Å². The molecule has 8 heteroatoms. The Morgan fingerprint density at radius 2 is 1.96 bits per heavy atom. The van der Waals surface area contributed by atoms with Crippen LogP contribution in [0.1, 0.15) is 0 Å². The van der Waals surface area contributed by atoms with E-state index in [1.54, 1.807) is 11.8 Å².